The van der Waals surface area contributed by atoms with Crippen molar-refractivity contribution in [3.05, 3.63) is 58.6 Å². The van der Waals surface area contributed by atoms with Crippen LogP contribution in [0.5, 0.6) is 0 Å². The van der Waals surface area contributed by atoms with E-state index in [1.807, 2.05) is 0 Å². The molecule has 0 aliphatic carbocycles. The largest absolute Gasteiger partial charge is 0.379 e. The van der Waals surface area contributed by atoms with Gasteiger partial charge in [-0.25, -0.2) is 8.42 Å². The van der Waals surface area contributed by atoms with E-state index in [0.717, 1.165) is 6.92 Å². The molecule has 2 N–H and O–H groups in total. The highest BCUT2D eigenvalue weighted by Gasteiger charge is 2.37. The number of nitrogens with one attached hydrogen (secondary N) is 1. The fourth-order valence-corrected chi connectivity index (χ4v) is 4.30. The Balaban J connectivity index is 2.19. The van der Waals surface area contributed by atoms with Crippen molar-refractivity contribution in [3.63, 3.8) is 0 Å². The Morgan fingerprint density at radius 3 is 2.29 bits per heavy atom. The number of amides is 1. The molecular weight excluding hydrogens is 373 g/mol. The summed E-state index contributed by atoms with van der Waals surface area (Å²) in [5.41, 5.74) is -1.75. The number of benzene rings is 2. The lowest BCUT2D eigenvalue weighted by atomic mass is 10.1. The van der Waals surface area contributed by atoms with E-state index in [2.05, 4.69) is 5.32 Å². The zero-order chi connectivity index (χ0) is 18.0. The topological polar surface area (TPSA) is 83.5 Å². The van der Waals surface area contributed by atoms with Gasteiger partial charge in [0.2, 0.25) is 0 Å². The average Bonchev–Trinajstić information content (AvgIpc) is 2.48. The highest BCUT2D eigenvalue weighted by molar-refractivity contribution is 7.91. The van der Waals surface area contributed by atoms with Gasteiger partial charge in [-0.1, -0.05) is 35.3 Å². The lowest BCUT2D eigenvalue weighted by molar-refractivity contribution is -0.130. The van der Waals surface area contributed by atoms with E-state index in [4.69, 9.17) is 23.2 Å². The van der Waals surface area contributed by atoms with Crippen molar-refractivity contribution in [1.29, 1.82) is 0 Å². The average molecular weight is 388 g/mol. The van der Waals surface area contributed by atoms with Gasteiger partial charge in [-0.05, 0) is 43.3 Å². The SMILES string of the molecule is CC(O)(CS(=O)(=O)c1ccccc1Cl)C(=O)Nc1ccc(Cl)cc1. The standard InChI is InChI=1S/C16H15Cl2NO4S/c1-16(21,15(20)19-12-8-6-11(17)7-9-12)10-24(22,23)14-5-3-2-4-13(14)18/h2-9,21H,10H2,1H3,(H,19,20). The summed E-state index contributed by atoms with van der Waals surface area (Å²) >= 11 is 11.6. The van der Waals surface area contributed by atoms with Crippen LogP contribution in [0.1, 0.15) is 6.92 Å². The first kappa shape index (κ1) is 18.7. The maximum atomic E-state index is 12.4. The minimum atomic E-state index is -3.96. The van der Waals surface area contributed by atoms with Crippen LogP contribution in [0.15, 0.2) is 53.4 Å². The normalized spacial score (nSPS) is 14.0. The quantitative estimate of drug-likeness (QED) is 0.824. The molecule has 2 aromatic carbocycles. The molecule has 0 saturated heterocycles. The molecule has 5 nitrogen and oxygen atoms in total. The third-order valence-corrected chi connectivity index (χ3v) is 5.90. The third-order valence-electron chi connectivity index (χ3n) is 3.23. The number of anilines is 1. The molecule has 2 rings (SSSR count). The number of hydrogen-bond acceptors (Lipinski definition) is 4. The maximum Gasteiger partial charge on any atom is 0.257 e. The number of rotatable bonds is 5. The first-order chi connectivity index (χ1) is 11.1. The second kappa shape index (κ2) is 7.11. The van der Waals surface area contributed by atoms with E-state index in [0.29, 0.717) is 10.7 Å². The molecule has 0 heterocycles. The predicted molar refractivity (Wildman–Crippen MR) is 94.2 cm³/mol. The van der Waals surface area contributed by atoms with Gasteiger partial charge >= 0.3 is 0 Å². The lowest BCUT2D eigenvalue weighted by Crippen LogP contribution is -2.45. The van der Waals surface area contributed by atoms with Crippen LogP contribution in [0.3, 0.4) is 0 Å². The van der Waals surface area contributed by atoms with Crippen molar-refractivity contribution in [2.45, 2.75) is 17.4 Å². The van der Waals surface area contributed by atoms with E-state index in [-0.39, 0.29) is 9.92 Å². The number of halogens is 2. The summed E-state index contributed by atoms with van der Waals surface area (Å²) in [4.78, 5) is 12.1. The number of carbonyl (C=O) groups is 1. The molecule has 0 fully saturated rings. The molecule has 128 valence electrons. The summed E-state index contributed by atoms with van der Waals surface area (Å²) in [6, 6.07) is 12.1. The third kappa shape index (κ3) is 4.48. The summed E-state index contributed by atoms with van der Waals surface area (Å²) in [5.74, 6) is -1.65. The molecule has 0 spiro atoms. The van der Waals surface area contributed by atoms with Gasteiger partial charge in [0.15, 0.2) is 15.4 Å². The van der Waals surface area contributed by atoms with Gasteiger partial charge in [-0.15, -0.1) is 0 Å². The molecule has 0 aliphatic rings. The van der Waals surface area contributed by atoms with Crippen LogP contribution in [0.25, 0.3) is 0 Å². The fraction of sp³-hybridized carbons (Fsp3) is 0.188. The number of sulfone groups is 1. The molecule has 0 saturated carbocycles. The summed E-state index contributed by atoms with van der Waals surface area (Å²) in [7, 11) is -3.96. The molecule has 0 aromatic heterocycles. The molecule has 1 amide bonds. The van der Waals surface area contributed by atoms with Crippen molar-refractivity contribution in [2.75, 3.05) is 11.1 Å². The Labute approximate surface area is 150 Å². The van der Waals surface area contributed by atoms with Gasteiger partial charge in [0.25, 0.3) is 5.91 Å². The smallest absolute Gasteiger partial charge is 0.257 e. The minimum absolute atomic E-state index is 0.0337. The van der Waals surface area contributed by atoms with Crippen LogP contribution in [0.2, 0.25) is 10.0 Å². The monoisotopic (exact) mass is 387 g/mol. The fourth-order valence-electron chi connectivity index (χ4n) is 2.01. The van der Waals surface area contributed by atoms with Gasteiger partial charge in [-0.3, -0.25) is 4.79 Å². The summed E-state index contributed by atoms with van der Waals surface area (Å²) < 4.78 is 24.9. The molecule has 8 heteroatoms. The Morgan fingerprint density at radius 2 is 1.71 bits per heavy atom. The molecule has 24 heavy (non-hydrogen) atoms. The second-order valence-corrected chi connectivity index (χ2v) is 8.23. The molecule has 0 bridgehead atoms. The number of hydrogen-bond donors (Lipinski definition) is 2. The molecule has 2 aromatic rings. The molecule has 0 radical (unpaired) electrons. The van der Waals surface area contributed by atoms with Gasteiger partial charge in [0.1, 0.15) is 0 Å². The lowest BCUT2D eigenvalue weighted by Gasteiger charge is -2.22. The van der Waals surface area contributed by atoms with Crippen LogP contribution in [-0.4, -0.2) is 30.8 Å². The van der Waals surface area contributed by atoms with Crippen LogP contribution < -0.4 is 5.32 Å². The summed E-state index contributed by atoms with van der Waals surface area (Å²) in [6.07, 6.45) is 0. The molecule has 1 unspecified atom stereocenters. The van der Waals surface area contributed by atoms with Crippen LogP contribution in [0.4, 0.5) is 5.69 Å². The van der Waals surface area contributed by atoms with Crippen LogP contribution in [0, 0.1) is 0 Å². The van der Waals surface area contributed by atoms with Crippen LogP contribution in [-0.2, 0) is 14.6 Å². The van der Waals surface area contributed by atoms with Gasteiger partial charge in [0, 0.05) is 10.7 Å². The Kier molecular flexibility index (Phi) is 5.55. The maximum absolute atomic E-state index is 12.4. The zero-order valence-electron chi connectivity index (χ0n) is 12.7. The van der Waals surface area contributed by atoms with Crippen molar-refractivity contribution in [1.82, 2.24) is 0 Å². The zero-order valence-corrected chi connectivity index (χ0v) is 15.0. The van der Waals surface area contributed by atoms with E-state index in [1.165, 1.54) is 18.2 Å². The van der Waals surface area contributed by atoms with Crippen molar-refractivity contribution < 1.29 is 18.3 Å². The molecule has 1 atom stereocenters. The van der Waals surface area contributed by atoms with E-state index >= 15 is 0 Å². The van der Waals surface area contributed by atoms with Crippen LogP contribution >= 0.6 is 23.2 Å². The van der Waals surface area contributed by atoms with Crippen molar-refractivity contribution in [2.24, 2.45) is 0 Å². The summed E-state index contributed by atoms with van der Waals surface area (Å²) in [6.45, 7) is 1.13. The molecular formula is C16H15Cl2NO4S. The second-order valence-electron chi connectivity index (χ2n) is 5.42. The summed E-state index contributed by atoms with van der Waals surface area (Å²) in [5, 5.41) is 13.3. The highest BCUT2D eigenvalue weighted by atomic mass is 35.5. The first-order valence-corrected chi connectivity index (χ1v) is 9.29. The highest BCUT2D eigenvalue weighted by Crippen LogP contribution is 2.25. The Morgan fingerprint density at radius 1 is 1.12 bits per heavy atom. The van der Waals surface area contributed by atoms with E-state index in [1.54, 1.807) is 30.3 Å². The Hall–Kier alpha value is -1.60. The van der Waals surface area contributed by atoms with Gasteiger partial charge < -0.3 is 10.4 Å². The van der Waals surface area contributed by atoms with Crippen molar-refractivity contribution >= 4 is 44.6 Å². The van der Waals surface area contributed by atoms with Crippen molar-refractivity contribution in [3.8, 4) is 0 Å². The van der Waals surface area contributed by atoms with E-state index in [9.17, 15) is 18.3 Å². The minimum Gasteiger partial charge on any atom is -0.379 e. The van der Waals surface area contributed by atoms with E-state index < -0.39 is 27.1 Å². The predicted octanol–water partition coefficient (Wildman–Crippen LogP) is 3.16. The van der Waals surface area contributed by atoms with Gasteiger partial charge in [-0.2, -0.15) is 0 Å². The van der Waals surface area contributed by atoms with Gasteiger partial charge in [0.05, 0.1) is 15.7 Å². The Bertz CT molecular complexity index is 849. The number of carbonyl (C=O) groups excluding carboxylic acids is 1. The molecule has 0 aliphatic heterocycles. The first-order valence-electron chi connectivity index (χ1n) is 6.88. The number of aliphatic hydroxyl groups is 1.